The molecule has 25 heavy (non-hydrogen) atoms. The second-order valence-corrected chi connectivity index (χ2v) is 7.87. The van der Waals surface area contributed by atoms with E-state index in [1.165, 1.54) is 19.3 Å². The molecule has 1 aliphatic carbocycles. The lowest BCUT2D eigenvalue weighted by atomic mass is 9.77. The number of nitrogens with zero attached hydrogens (tertiary/aromatic N) is 3. The average molecular weight is 341 g/mol. The van der Waals surface area contributed by atoms with E-state index in [-0.39, 0.29) is 11.3 Å². The van der Waals surface area contributed by atoms with Crippen LogP contribution in [0.5, 0.6) is 0 Å². The molecule has 1 atom stereocenters. The van der Waals surface area contributed by atoms with Crippen molar-refractivity contribution >= 4 is 11.8 Å². The van der Waals surface area contributed by atoms with Crippen LogP contribution in [-0.2, 0) is 4.79 Å². The lowest BCUT2D eigenvalue weighted by Crippen LogP contribution is -2.54. The van der Waals surface area contributed by atoms with E-state index >= 15 is 0 Å². The molecule has 1 saturated carbocycles. The van der Waals surface area contributed by atoms with Crippen LogP contribution in [0.25, 0.3) is 0 Å². The number of pyridine rings is 1. The summed E-state index contributed by atoms with van der Waals surface area (Å²) in [6.07, 6.45) is 10.5. The fourth-order valence-electron chi connectivity index (χ4n) is 4.92. The number of hydrogen-bond acceptors (Lipinski definition) is 3. The minimum absolute atomic E-state index is 0.0416. The van der Waals surface area contributed by atoms with Crippen molar-refractivity contribution in [2.45, 2.75) is 57.4 Å². The Bertz CT molecular complexity index is 642. The molecule has 2 amide bonds. The number of carbonyl (C=O) groups excluding carboxylic acids is 2. The van der Waals surface area contributed by atoms with Crippen molar-refractivity contribution in [3.05, 3.63) is 30.1 Å². The smallest absolute Gasteiger partial charge is 0.272 e. The van der Waals surface area contributed by atoms with Crippen LogP contribution in [0.1, 0.15) is 61.9 Å². The van der Waals surface area contributed by atoms with E-state index in [9.17, 15) is 9.59 Å². The van der Waals surface area contributed by atoms with E-state index in [2.05, 4.69) is 9.88 Å². The summed E-state index contributed by atoms with van der Waals surface area (Å²) in [7, 11) is 0. The quantitative estimate of drug-likeness (QED) is 0.831. The standard InChI is InChI=1S/C20H27N3O2/c24-18(17-9-4-5-12-21-17)22-14-11-20(15-22)10-6-13-23(19(20)25)16-7-2-1-3-8-16/h4-5,9,12,16H,1-3,6-8,10-11,13-15H2/t20-/m0/s1. The Morgan fingerprint density at radius 1 is 1.08 bits per heavy atom. The van der Waals surface area contributed by atoms with Crippen LogP contribution in [0, 0.1) is 5.41 Å². The van der Waals surface area contributed by atoms with E-state index in [0.717, 1.165) is 38.6 Å². The molecule has 0 N–H and O–H groups in total. The summed E-state index contributed by atoms with van der Waals surface area (Å²) in [5, 5.41) is 0. The number of rotatable bonds is 2. The van der Waals surface area contributed by atoms with Crippen molar-refractivity contribution in [2.75, 3.05) is 19.6 Å². The fourth-order valence-corrected chi connectivity index (χ4v) is 4.92. The Balaban J connectivity index is 1.48. The molecule has 3 heterocycles. The zero-order valence-corrected chi connectivity index (χ0v) is 14.8. The summed E-state index contributed by atoms with van der Waals surface area (Å²) in [4.78, 5) is 34.2. The first-order valence-corrected chi connectivity index (χ1v) is 9.71. The molecule has 3 fully saturated rings. The summed E-state index contributed by atoms with van der Waals surface area (Å²) in [5.41, 5.74) is 0.132. The van der Waals surface area contributed by atoms with E-state index in [1.54, 1.807) is 12.3 Å². The fraction of sp³-hybridized carbons (Fsp3) is 0.650. The van der Waals surface area contributed by atoms with Crippen LogP contribution in [0.4, 0.5) is 0 Å². The predicted octanol–water partition coefficient (Wildman–Crippen LogP) is 2.87. The number of carbonyl (C=O) groups is 2. The number of aromatic nitrogens is 1. The van der Waals surface area contributed by atoms with E-state index in [0.29, 0.717) is 30.7 Å². The number of hydrogen-bond donors (Lipinski definition) is 0. The highest BCUT2D eigenvalue weighted by atomic mass is 16.2. The third-order valence-electron chi connectivity index (χ3n) is 6.31. The Kier molecular flexibility index (Phi) is 4.48. The lowest BCUT2D eigenvalue weighted by Gasteiger charge is -2.44. The Hall–Kier alpha value is -1.91. The van der Waals surface area contributed by atoms with Crippen LogP contribution < -0.4 is 0 Å². The van der Waals surface area contributed by atoms with Gasteiger partial charge < -0.3 is 9.80 Å². The van der Waals surface area contributed by atoms with Gasteiger partial charge in [0.25, 0.3) is 5.91 Å². The van der Waals surface area contributed by atoms with Crippen LogP contribution in [0.3, 0.4) is 0 Å². The molecule has 5 nitrogen and oxygen atoms in total. The van der Waals surface area contributed by atoms with Gasteiger partial charge >= 0.3 is 0 Å². The van der Waals surface area contributed by atoms with Crippen molar-refractivity contribution in [2.24, 2.45) is 5.41 Å². The summed E-state index contributed by atoms with van der Waals surface area (Å²) in [6.45, 7) is 2.13. The Morgan fingerprint density at radius 3 is 2.68 bits per heavy atom. The van der Waals surface area contributed by atoms with Gasteiger partial charge in [0.2, 0.25) is 5.91 Å². The summed E-state index contributed by atoms with van der Waals surface area (Å²) in [5.74, 6) is 0.266. The minimum Gasteiger partial charge on any atom is -0.339 e. The largest absolute Gasteiger partial charge is 0.339 e. The molecular formula is C20H27N3O2. The molecule has 0 unspecified atom stereocenters. The van der Waals surface area contributed by atoms with Crippen LogP contribution >= 0.6 is 0 Å². The van der Waals surface area contributed by atoms with Crippen molar-refractivity contribution in [1.82, 2.24) is 14.8 Å². The van der Waals surface area contributed by atoms with Crippen molar-refractivity contribution < 1.29 is 9.59 Å². The SMILES string of the molecule is O=C(c1ccccn1)N1CC[C@@]2(CCCN(C3CCCCC3)C2=O)C1. The maximum atomic E-state index is 13.3. The average Bonchev–Trinajstić information content (AvgIpc) is 3.10. The van der Waals surface area contributed by atoms with Crippen molar-refractivity contribution in [3.63, 3.8) is 0 Å². The van der Waals surface area contributed by atoms with Gasteiger partial charge in [-0.3, -0.25) is 14.6 Å². The first-order chi connectivity index (χ1) is 12.2. The molecule has 0 aromatic carbocycles. The van der Waals surface area contributed by atoms with E-state index in [1.807, 2.05) is 17.0 Å². The molecule has 1 aromatic rings. The van der Waals surface area contributed by atoms with Gasteiger partial charge in [-0.1, -0.05) is 25.3 Å². The maximum absolute atomic E-state index is 13.3. The van der Waals surface area contributed by atoms with Gasteiger partial charge in [0.1, 0.15) is 5.69 Å². The lowest BCUT2D eigenvalue weighted by molar-refractivity contribution is -0.149. The third-order valence-corrected chi connectivity index (χ3v) is 6.31. The molecular weight excluding hydrogens is 314 g/mol. The minimum atomic E-state index is -0.347. The molecule has 0 radical (unpaired) electrons. The topological polar surface area (TPSA) is 53.5 Å². The molecule has 0 bridgehead atoms. The van der Waals surface area contributed by atoms with Gasteiger partial charge in [0.15, 0.2) is 0 Å². The molecule has 4 rings (SSSR count). The van der Waals surface area contributed by atoms with Crippen LogP contribution in [0.2, 0.25) is 0 Å². The first kappa shape index (κ1) is 16.6. The zero-order valence-electron chi connectivity index (χ0n) is 14.8. The summed E-state index contributed by atoms with van der Waals surface area (Å²) >= 11 is 0. The molecule has 1 aromatic heterocycles. The van der Waals surface area contributed by atoms with Gasteiger partial charge in [0.05, 0.1) is 5.41 Å². The van der Waals surface area contributed by atoms with Gasteiger partial charge in [-0.25, -0.2) is 0 Å². The molecule has 2 aliphatic heterocycles. The van der Waals surface area contributed by atoms with Gasteiger partial charge in [-0.15, -0.1) is 0 Å². The monoisotopic (exact) mass is 341 g/mol. The third kappa shape index (κ3) is 3.05. The summed E-state index contributed by atoms with van der Waals surface area (Å²) < 4.78 is 0. The van der Waals surface area contributed by atoms with Crippen molar-refractivity contribution in [3.8, 4) is 0 Å². The highest BCUT2D eigenvalue weighted by molar-refractivity contribution is 5.94. The molecule has 1 spiro atoms. The molecule has 134 valence electrons. The zero-order chi connectivity index (χ0) is 17.3. The van der Waals surface area contributed by atoms with E-state index in [4.69, 9.17) is 0 Å². The van der Waals surface area contributed by atoms with Gasteiger partial charge in [0, 0.05) is 31.9 Å². The van der Waals surface area contributed by atoms with Crippen LogP contribution in [-0.4, -0.2) is 52.3 Å². The second-order valence-electron chi connectivity index (χ2n) is 7.87. The Labute approximate surface area is 149 Å². The van der Waals surface area contributed by atoms with Gasteiger partial charge in [-0.05, 0) is 44.2 Å². The van der Waals surface area contributed by atoms with Crippen molar-refractivity contribution in [1.29, 1.82) is 0 Å². The second kappa shape index (κ2) is 6.77. The van der Waals surface area contributed by atoms with Crippen LogP contribution in [0.15, 0.2) is 24.4 Å². The number of piperidine rings is 1. The Morgan fingerprint density at radius 2 is 1.92 bits per heavy atom. The van der Waals surface area contributed by atoms with Gasteiger partial charge in [-0.2, -0.15) is 0 Å². The molecule has 3 aliphatic rings. The summed E-state index contributed by atoms with van der Waals surface area (Å²) in [6, 6.07) is 5.83. The highest BCUT2D eigenvalue weighted by Gasteiger charge is 2.50. The predicted molar refractivity (Wildman–Crippen MR) is 95.0 cm³/mol. The molecule has 5 heteroatoms. The highest BCUT2D eigenvalue weighted by Crippen LogP contribution is 2.42. The first-order valence-electron chi connectivity index (χ1n) is 9.71. The van der Waals surface area contributed by atoms with E-state index < -0.39 is 0 Å². The normalized spacial score (nSPS) is 27.9. The maximum Gasteiger partial charge on any atom is 0.272 e. The number of likely N-dealkylation sites (tertiary alicyclic amines) is 2. The number of amides is 2. The molecule has 2 saturated heterocycles.